The molecule has 2 aromatic carbocycles. The lowest BCUT2D eigenvalue weighted by Crippen LogP contribution is -2.42. The first-order valence-electron chi connectivity index (χ1n) is 11.7. The maximum absolute atomic E-state index is 13.1. The number of halogens is 1. The molecule has 1 aliphatic heterocycles. The molecule has 1 amide bonds. The van der Waals surface area contributed by atoms with E-state index in [-0.39, 0.29) is 11.7 Å². The number of methoxy groups -OCH3 is 1. The van der Waals surface area contributed by atoms with Gasteiger partial charge in [0.25, 0.3) is 5.56 Å². The van der Waals surface area contributed by atoms with Crippen molar-refractivity contribution < 1.29 is 14.3 Å². The molecule has 0 aliphatic carbocycles. The van der Waals surface area contributed by atoms with E-state index >= 15 is 0 Å². The molecule has 8 heteroatoms. The van der Waals surface area contributed by atoms with Gasteiger partial charge in [0.2, 0.25) is 0 Å². The summed E-state index contributed by atoms with van der Waals surface area (Å²) in [5, 5.41) is 2.41. The Morgan fingerprint density at radius 2 is 1.80 bits per heavy atom. The van der Waals surface area contributed by atoms with Crippen LogP contribution in [0.5, 0.6) is 5.75 Å². The number of fused-ring (bicyclic) bond motifs is 1. The lowest BCUT2D eigenvalue weighted by molar-refractivity contribution is 0.0219. The van der Waals surface area contributed by atoms with E-state index in [0.717, 1.165) is 34.4 Å². The van der Waals surface area contributed by atoms with Crippen molar-refractivity contribution in [2.45, 2.75) is 55.9 Å². The first-order valence-corrected chi connectivity index (χ1v) is 13.0. The third-order valence-corrected chi connectivity index (χ3v) is 7.75. The van der Waals surface area contributed by atoms with Gasteiger partial charge in [-0.2, -0.15) is 0 Å². The van der Waals surface area contributed by atoms with E-state index in [2.05, 4.69) is 0 Å². The molecule has 1 aromatic heterocycles. The van der Waals surface area contributed by atoms with Crippen LogP contribution in [0.4, 0.5) is 4.79 Å². The van der Waals surface area contributed by atoms with E-state index in [1.165, 1.54) is 0 Å². The number of carbonyl (C=O) groups is 1. The average molecular weight is 515 g/mol. The number of piperidine rings is 1. The van der Waals surface area contributed by atoms with Gasteiger partial charge in [-0.1, -0.05) is 23.7 Å². The lowest BCUT2D eigenvalue weighted by atomic mass is 10.1. The van der Waals surface area contributed by atoms with Crippen LogP contribution in [0, 0.1) is 0 Å². The second-order valence-corrected chi connectivity index (χ2v) is 11.5. The van der Waals surface area contributed by atoms with Crippen LogP contribution in [0.15, 0.2) is 58.4 Å². The highest BCUT2D eigenvalue weighted by Crippen LogP contribution is 2.37. The van der Waals surface area contributed by atoms with Crippen molar-refractivity contribution in [1.29, 1.82) is 0 Å². The molecule has 0 radical (unpaired) electrons. The Hall–Kier alpha value is -2.64. The molecule has 0 saturated carbocycles. The first kappa shape index (κ1) is 25.5. The van der Waals surface area contributed by atoms with E-state index < -0.39 is 5.60 Å². The van der Waals surface area contributed by atoms with Gasteiger partial charge in [0.1, 0.15) is 11.4 Å². The van der Waals surface area contributed by atoms with E-state index in [1.54, 1.807) is 34.4 Å². The molecule has 0 atom stereocenters. The number of rotatable bonds is 5. The Morgan fingerprint density at radius 1 is 1.11 bits per heavy atom. The second kappa shape index (κ2) is 10.5. The number of amides is 1. The standard InChI is InChI=1S/C27H31ClN2O4S/c1-27(2,3)34-26(32)29-13-10-21(11-14-29)35-24-15-19-9-12-30(25(31)22(19)16-23(24)28)17-18-5-7-20(33-4)8-6-18/h5-9,12,15-16,21H,10-11,13-14,17H2,1-4H3. The van der Waals surface area contributed by atoms with Gasteiger partial charge in [-0.15, -0.1) is 11.8 Å². The molecular weight excluding hydrogens is 484 g/mol. The number of ether oxygens (including phenoxy) is 2. The lowest BCUT2D eigenvalue weighted by Gasteiger charge is -2.33. The zero-order valence-corrected chi connectivity index (χ0v) is 22.1. The smallest absolute Gasteiger partial charge is 0.410 e. The van der Waals surface area contributed by atoms with Gasteiger partial charge >= 0.3 is 6.09 Å². The minimum absolute atomic E-state index is 0.0672. The summed E-state index contributed by atoms with van der Waals surface area (Å²) in [6, 6.07) is 13.4. The number of aromatic nitrogens is 1. The predicted molar refractivity (Wildman–Crippen MR) is 142 cm³/mol. The number of thioether (sulfide) groups is 1. The largest absolute Gasteiger partial charge is 0.497 e. The van der Waals surface area contributed by atoms with Gasteiger partial charge in [0.15, 0.2) is 0 Å². The molecular formula is C27H31ClN2O4S. The van der Waals surface area contributed by atoms with Crippen LogP contribution in [0.1, 0.15) is 39.2 Å². The minimum atomic E-state index is -0.492. The Morgan fingerprint density at radius 3 is 2.43 bits per heavy atom. The molecule has 6 nitrogen and oxygen atoms in total. The Kier molecular flexibility index (Phi) is 7.67. The molecule has 1 aliphatic rings. The molecule has 1 saturated heterocycles. The highest BCUT2D eigenvalue weighted by atomic mass is 35.5. The van der Waals surface area contributed by atoms with Crippen molar-refractivity contribution in [1.82, 2.24) is 9.47 Å². The van der Waals surface area contributed by atoms with Gasteiger partial charge in [-0.05, 0) is 74.9 Å². The number of benzene rings is 2. The highest BCUT2D eigenvalue weighted by molar-refractivity contribution is 8.00. The molecule has 186 valence electrons. The topological polar surface area (TPSA) is 60.8 Å². The average Bonchev–Trinajstić information content (AvgIpc) is 2.82. The number of hydrogen-bond donors (Lipinski definition) is 0. The van der Waals surface area contributed by atoms with Crippen LogP contribution in [0.3, 0.4) is 0 Å². The molecule has 1 fully saturated rings. The Balaban J connectivity index is 1.44. The summed E-state index contributed by atoms with van der Waals surface area (Å²) in [5.41, 5.74) is 0.458. The van der Waals surface area contributed by atoms with E-state index in [1.807, 2.05) is 63.4 Å². The monoisotopic (exact) mass is 514 g/mol. The van der Waals surface area contributed by atoms with Gasteiger partial charge in [0, 0.05) is 34.8 Å². The normalized spacial score (nSPS) is 14.8. The van der Waals surface area contributed by atoms with Gasteiger partial charge < -0.3 is 18.9 Å². The van der Waals surface area contributed by atoms with Crippen LogP contribution < -0.4 is 10.3 Å². The fraction of sp³-hybridized carbons (Fsp3) is 0.407. The summed E-state index contributed by atoms with van der Waals surface area (Å²) >= 11 is 8.34. The summed E-state index contributed by atoms with van der Waals surface area (Å²) in [5.74, 6) is 0.784. The van der Waals surface area contributed by atoms with Gasteiger partial charge in [-0.25, -0.2) is 4.79 Å². The van der Waals surface area contributed by atoms with E-state index in [4.69, 9.17) is 21.1 Å². The molecule has 0 spiro atoms. The van der Waals surface area contributed by atoms with Crippen LogP contribution in [0.2, 0.25) is 5.02 Å². The summed E-state index contributed by atoms with van der Waals surface area (Å²) < 4.78 is 12.4. The molecule has 0 N–H and O–H groups in total. The quantitative estimate of drug-likeness (QED) is 0.405. The van der Waals surface area contributed by atoms with Crippen molar-refractivity contribution >= 4 is 40.2 Å². The van der Waals surface area contributed by atoms with Crippen LogP contribution in [-0.4, -0.2) is 46.6 Å². The summed E-state index contributed by atoms with van der Waals surface area (Å²) in [4.78, 5) is 28.2. The molecule has 0 bridgehead atoms. The number of hydrogen-bond acceptors (Lipinski definition) is 5. The molecule has 4 rings (SSSR count). The fourth-order valence-electron chi connectivity index (χ4n) is 4.09. The zero-order chi connectivity index (χ0) is 25.2. The Labute approximate surface area is 215 Å². The number of carbonyl (C=O) groups excluding carboxylic acids is 1. The van der Waals surface area contributed by atoms with Crippen LogP contribution in [-0.2, 0) is 11.3 Å². The minimum Gasteiger partial charge on any atom is -0.497 e. The van der Waals surface area contributed by atoms with E-state index in [0.29, 0.717) is 35.3 Å². The summed E-state index contributed by atoms with van der Waals surface area (Å²) in [6.07, 6.45) is 3.30. The highest BCUT2D eigenvalue weighted by Gasteiger charge is 2.27. The molecule has 3 aromatic rings. The number of likely N-dealkylation sites (tertiary alicyclic amines) is 1. The maximum Gasteiger partial charge on any atom is 0.410 e. The van der Waals surface area contributed by atoms with Gasteiger partial charge in [0.05, 0.1) is 18.7 Å². The Bertz CT molecular complexity index is 1260. The van der Waals surface area contributed by atoms with E-state index in [9.17, 15) is 9.59 Å². The maximum atomic E-state index is 13.1. The van der Waals surface area contributed by atoms with Gasteiger partial charge in [-0.3, -0.25) is 4.79 Å². The third kappa shape index (κ3) is 6.33. The first-order chi connectivity index (χ1) is 16.6. The van der Waals surface area contributed by atoms with Crippen molar-refractivity contribution in [3.8, 4) is 5.75 Å². The van der Waals surface area contributed by atoms with Crippen LogP contribution in [0.25, 0.3) is 10.8 Å². The molecule has 2 heterocycles. The number of pyridine rings is 1. The molecule has 0 unspecified atom stereocenters. The number of nitrogens with zero attached hydrogens (tertiary/aromatic N) is 2. The summed E-state index contributed by atoms with van der Waals surface area (Å²) in [7, 11) is 1.63. The van der Waals surface area contributed by atoms with Crippen molar-refractivity contribution in [2.75, 3.05) is 20.2 Å². The SMILES string of the molecule is COc1ccc(Cn2ccc3cc(SC4CCN(C(=O)OC(C)(C)C)CC4)c(Cl)cc3c2=O)cc1. The predicted octanol–water partition coefficient (Wildman–Crippen LogP) is 6.20. The summed E-state index contributed by atoms with van der Waals surface area (Å²) in [6.45, 7) is 7.43. The van der Waals surface area contributed by atoms with Crippen LogP contribution >= 0.6 is 23.4 Å². The third-order valence-electron chi connectivity index (χ3n) is 5.93. The van der Waals surface area contributed by atoms with Crippen molar-refractivity contribution in [3.63, 3.8) is 0 Å². The van der Waals surface area contributed by atoms with Crippen molar-refractivity contribution in [2.24, 2.45) is 0 Å². The fourth-order valence-corrected chi connectivity index (χ4v) is 5.56. The second-order valence-electron chi connectivity index (χ2n) is 9.75. The van der Waals surface area contributed by atoms with Crippen molar-refractivity contribution in [3.05, 3.63) is 69.6 Å². The molecule has 35 heavy (non-hydrogen) atoms. The zero-order valence-electron chi connectivity index (χ0n) is 20.5.